The standard InChI is InChI=1S/C15H13BrN2O3/c1-8-3-2-4-12(13(8)15(20)21)18-14(19)9-5-6-10(16)11(17)7-9/h2-7H,17H2,1H3,(H,18,19)(H,20,21). The summed E-state index contributed by atoms with van der Waals surface area (Å²) in [6, 6.07) is 9.71. The normalized spacial score (nSPS) is 10.2. The van der Waals surface area contributed by atoms with Crippen molar-refractivity contribution in [1.29, 1.82) is 0 Å². The van der Waals surface area contributed by atoms with E-state index in [1.165, 1.54) is 6.07 Å². The maximum Gasteiger partial charge on any atom is 0.338 e. The Morgan fingerprint density at radius 1 is 1.24 bits per heavy atom. The van der Waals surface area contributed by atoms with Gasteiger partial charge in [0.2, 0.25) is 0 Å². The van der Waals surface area contributed by atoms with Gasteiger partial charge in [-0.1, -0.05) is 12.1 Å². The van der Waals surface area contributed by atoms with Crippen LogP contribution < -0.4 is 11.1 Å². The second-order valence-corrected chi connectivity index (χ2v) is 5.35. The summed E-state index contributed by atoms with van der Waals surface area (Å²) in [4.78, 5) is 23.5. The predicted octanol–water partition coefficient (Wildman–Crippen LogP) is 3.29. The van der Waals surface area contributed by atoms with Gasteiger partial charge in [0.25, 0.3) is 5.91 Å². The Bertz CT molecular complexity index is 729. The maximum atomic E-state index is 12.2. The molecule has 0 unspecified atom stereocenters. The van der Waals surface area contributed by atoms with E-state index in [2.05, 4.69) is 21.2 Å². The monoisotopic (exact) mass is 348 g/mol. The maximum absolute atomic E-state index is 12.2. The van der Waals surface area contributed by atoms with Crippen LogP contribution in [-0.4, -0.2) is 17.0 Å². The summed E-state index contributed by atoms with van der Waals surface area (Å²) >= 11 is 3.25. The fraction of sp³-hybridized carbons (Fsp3) is 0.0667. The van der Waals surface area contributed by atoms with Gasteiger partial charge in [-0.05, 0) is 52.7 Å². The van der Waals surface area contributed by atoms with E-state index in [0.29, 0.717) is 21.3 Å². The first-order chi connectivity index (χ1) is 9.90. The number of carboxylic acid groups (broad SMARTS) is 1. The molecule has 0 fully saturated rings. The van der Waals surface area contributed by atoms with Crippen LogP contribution in [0, 0.1) is 6.92 Å². The van der Waals surface area contributed by atoms with Crippen molar-refractivity contribution in [1.82, 2.24) is 0 Å². The van der Waals surface area contributed by atoms with Gasteiger partial charge < -0.3 is 16.2 Å². The molecule has 1 amide bonds. The van der Waals surface area contributed by atoms with E-state index in [1.807, 2.05) is 0 Å². The Hall–Kier alpha value is -2.34. The van der Waals surface area contributed by atoms with Gasteiger partial charge in [-0.25, -0.2) is 4.79 Å². The molecule has 5 nitrogen and oxygen atoms in total. The van der Waals surface area contributed by atoms with Crippen LogP contribution in [0.2, 0.25) is 0 Å². The zero-order valence-electron chi connectivity index (χ0n) is 11.2. The van der Waals surface area contributed by atoms with Gasteiger partial charge in [-0.15, -0.1) is 0 Å². The number of nitrogen functional groups attached to an aromatic ring is 1. The number of hydrogen-bond acceptors (Lipinski definition) is 3. The summed E-state index contributed by atoms with van der Waals surface area (Å²) in [5.74, 6) is -1.50. The highest BCUT2D eigenvalue weighted by Crippen LogP contribution is 2.23. The molecule has 108 valence electrons. The highest BCUT2D eigenvalue weighted by Gasteiger charge is 2.16. The van der Waals surface area contributed by atoms with Gasteiger partial charge in [0.15, 0.2) is 0 Å². The number of nitrogens with two attached hydrogens (primary N) is 1. The van der Waals surface area contributed by atoms with Crippen molar-refractivity contribution in [2.24, 2.45) is 0 Å². The van der Waals surface area contributed by atoms with Crippen LogP contribution in [0.3, 0.4) is 0 Å². The molecule has 2 aromatic carbocycles. The minimum atomic E-state index is -1.08. The summed E-state index contributed by atoms with van der Waals surface area (Å²) in [5.41, 5.74) is 7.44. The number of aromatic carboxylic acids is 1. The van der Waals surface area contributed by atoms with Crippen LogP contribution in [0.15, 0.2) is 40.9 Å². The number of carboxylic acids is 1. The highest BCUT2D eigenvalue weighted by atomic mass is 79.9. The number of nitrogens with one attached hydrogen (secondary N) is 1. The van der Waals surface area contributed by atoms with Crippen LogP contribution in [0.5, 0.6) is 0 Å². The molecule has 0 atom stereocenters. The van der Waals surface area contributed by atoms with E-state index in [0.717, 1.165) is 0 Å². The number of halogens is 1. The lowest BCUT2D eigenvalue weighted by molar-refractivity contribution is 0.0697. The van der Waals surface area contributed by atoms with E-state index >= 15 is 0 Å². The average Bonchev–Trinajstić information content (AvgIpc) is 2.41. The zero-order valence-corrected chi connectivity index (χ0v) is 12.8. The van der Waals surface area contributed by atoms with E-state index in [-0.39, 0.29) is 11.3 Å². The van der Waals surface area contributed by atoms with Crippen molar-refractivity contribution >= 4 is 39.2 Å². The number of amides is 1. The van der Waals surface area contributed by atoms with Crippen LogP contribution in [0.25, 0.3) is 0 Å². The van der Waals surface area contributed by atoms with Gasteiger partial charge in [0.05, 0.1) is 11.3 Å². The smallest absolute Gasteiger partial charge is 0.338 e. The topological polar surface area (TPSA) is 92.4 Å². The zero-order chi connectivity index (χ0) is 15.6. The molecule has 0 aliphatic heterocycles. The van der Waals surface area contributed by atoms with Crippen molar-refractivity contribution in [2.75, 3.05) is 11.1 Å². The largest absolute Gasteiger partial charge is 0.478 e. The van der Waals surface area contributed by atoms with Gasteiger partial charge in [0, 0.05) is 15.7 Å². The third-order valence-electron chi connectivity index (χ3n) is 2.99. The molecule has 2 rings (SSSR count). The first-order valence-corrected chi connectivity index (χ1v) is 6.88. The number of rotatable bonds is 3. The average molecular weight is 349 g/mol. The molecule has 0 aliphatic carbocycles. The summed E-state index contributed by atoms with van der Waals surface area (Å²) in [6.07, 6.45) is 0. The molecule has 0 aliphatic rings. The van der Waals surface area contributed by atoms with Crippen LogP contribution >= 0.6 is 15.9 Å². The molecule has 2 aromatic rings. The fourth-order valence-corrected chi connectivity index (χ4v) is 2.18. The van der Waals surface area contributed by atoms with E-state index < -0.39 is 11.9 Å². The van der Waals surface area contributed by atoms with E-state index in [1.54, 1.807) is 37.3 Å². The van der Waals surface area contributed by atoms with Crippen molar-refractivity contribution in [3.63, 3.8) is 0 Å². The van der Waals surface area contributed by atoms with Crippen LogP contribution in [0.4, 0.5) is 11.4 Å². The minimum absolute atomic E-state index is 0.0796. The third-order valence-corrected chi connectivity index (χ3v) is 3.72. The summed E-state index contributed by atoms with van der Waals surface area (Å²) in [6.45, 7) is 1.68. The first-order valence-electron chi connectivity index (χ1n) is 6.09. The van der Waals surface area contributed by atoms with Crippen molar-refractivity contribution in [3.8, 4) is 0 Å². The molecule has 0 saturated carbocycles. The minimum Gasteiger partial charge on any atom is -0.478 e. The number of aryl methyl sites for hydroxylation is 1. The fourth-order valence-electron chi connectivity index (χ4n) is 1.94. The number of hydrogen-bond donors (Lipinski definition) is 3. The van der Waals surface area contributed by atoms with Gasteiger partial charge >= 0.3 is 5.97 Å². The molecule has 0 radical (unpaired) electrons. The molecular weight excluding hydrogens is 336 g/mol. The molecule has 21 heavy (non-hydrogen) atoms. The molecule has 0 saturated heterocycles. The lowest BCUT2D eigenvalue weighted by atomic mass is 10.1. The van der Waals surface area contributed by atoms with Crippen LogP contribution in [0.1, 0.15) is 26.3 Å². The number of benzene rings is 2. The molecular formula is C15H13BrN2O3. The second-order valence-electron chi connectivity index (χ2n) is 4.49. The van der Waals surface area contributed by atoms with Crippen molar-refractivity contribution in [3.05, 3.63) is 57.6 Å². The third kappa shape index (κ3) is 3.22. The Morgan fingerprint density at radius 3 is 2.57 bits per heavy atom. The SMILES string of the molecule is Cc1cccc(NC(=O)c2ccc(Br)c(N)c2)c1C(=O)O. The second kappa shape index (κ2) is 5.97. The molecule has 0 aromatic heterocycles. The Kier molecular flexibility index (Phi) is 4.28. The Balaban J connectivity index is 2.34. The number of carbonyl (C=O) groups excluding carboxylic acids is 1. The van der Waals surface area contributed by atoms with Crippen molar-refractivity contribution < 1.29 is 14.7 Å². The number of anilines is 2. The summed E-state index contributed by atoms with van der Waals surface area (Å²) in [5, 5.41) is 11.8. The Morgan fingerprint density at radius 2 is 1.95 bits per heavy atom. The number of carbonyl (C=O) groups is 2. The predicted molar refractivity (Wildman–Crippen MR) is 84.6 cm³/mol. The van der Waals surface area contributed by atoms with Crippen molar-refractivity contribution in [2.45, 2.75) is 6.92 Å². The molecule has 0 heterocycles. The Labute approximate surface area is 129 Å². The molecule has 6 heteroatoms. The van der Waals surface area contributed by atoms with Gasteiger partial charge in [-0.2, -0.15) is 0 Å². The quantitative estimate of drug-likeness (QED) is 0.742. The first kappa shape index (κ1) is 15.1. The molecule has 0 spiro atoms. The molecule has 0 bridgehead atoms. The highest BCUT2D eigenvalue weighted by molar-refractivity contribution is 9.10. The summed E-state index contributed by atoms with van der Waals surface area (Å²) < 4.78 is 0.695. The van der Waals surface area contributed by atoms with Gasteiger partial charge in [0.1, 0.15) is 0 Å². The van der Waals surface area contributed by atoms with E-state index in [9.17, 15) is 14.7 Å². The van der Waals surface area contributed by atoms with E-state index in [4.69, 9.17) is 5.73 Å². The summed E-state index contributed by atoms with van der Waals surface area (Å²) in [7, 11) is 0. The van der Waals surface area contributed by atoms with Crippen LogP contribution in [-0.2, 0) is 0 Å². The lowest BCUT2D eigenvalue weighted by Crippen LogP contribution is -2.15. The lowest BCUT2D eigenvalue weighted by Gasteiger charge is -2.11. The molecule has 4 N–H and O–H groups in total. The van der Waals surface area contributed by atoms with Gasteiger partial charge in [-0.3, -0.25) is 4.79 Å².